The van der Waals surface area contributed by atoms with E-state index in [1.54, 1.807) is 67.5 Å². The van der Waals surface area contributed by atoms with Crippen molar-refractivity contribution in [2.24, 2.45) is 0 Å². The maximum absolute atomic E-state index is 12.7. The third-order valence-corrected chi connectivity index (χ3v) is 4.98. The largest absolute Gasteiger partial charge is 0.366 e. The van der Waals surface area contributed by atoms with Crippen LogP contribution in [0.2, 0.25) is 10.0 Å². The zero-order valence-electron chi connectivity index (χ0n) is 16.5. The van der Waals surface area contributed by atoms with E-state index in [9.17, 15) is 4.79 Å². The van der Waals surface area contributed by atoms with Crippen molar-refractivity contribution >= 4 is 52.1 Å². The molecule has 0 bridgehead atoms. The molecule has 154 valence electrons. The van der Waals surface area contributed by atoms with E-state index in [0.717, 1.165) is 11.3 Å². The number of amides is 1. The van der Waals surface area contributed by atoms with Gasteiger partial charge in [0.2, 0.25) is 0 Å². The standard InChI is InChI=1S/C22H21Cl2N5O/c1-14(25)29(2)19-7-3-15(4-8-19)22(30)28-20-9-5-17(23)11-16(20)12-26-21-10-6-18(24)13-27-21/h3-11,13,25H,12H2,1-2H3,(H,26,27)(H,28,30). The summed E-state index contributed by atoms with van der Waals surface area (Å²) in [4.78, 5) is 18.7. The van der Waals surface area contributed by atoms with Crippen LogP contribution >= 0.6 is 23.2 Å². The van der Waals surface area contributed by atoms with Crippen LogP contribution in [0.25, 0.3) is 0 Å². The van der Waals surface area contributed by atoms with Crippen LogP contribution in [-0.2, 0) is 6.54 Å². The monoisotopic (exact) mass is 441 g/mol. The lowest BCUT2D eigenvalue weighted by molar-refractivity contribution is 0.102. The minimum absolute atomic E-state index is 0.232. The van der Waals surface area contributed by atoms with Crippen LogP contribution in [0, 0.1) is 5.41 Å². The van der Waals surface area contributed by atoms with E-state index in [0.29, 0.717) is 39.5 Å². The van der Waals surface area contributed by atoms with E-state index in [1.807, 2.05) is 12.1 Å². The quantitative estimate of drug-likeness (QED) is 0.339. The second kappa shape index (κ2) is 9.61. The molecule has 1 heterocycles. The smallest absolute Gasteiger partial charge is 0.255 e. The molecule has 0 fully saturated rings. The minimum Gasteiger partial charge on any atom is -0.366 e. The van der Waals surface area contributed by atoms with Crippen LogP contribution in [0.3, 0.4) is 0 Å². The van der Waals surface area contributed by atoms with Gasteiger partial charge in [0.15, 0.2) is 0 Å². The number of nitrogens with zero attached hydrogens (tertiary/aromatic N) is 2. The molecule has 1 amide bonds. The first kappa shape index (κ1) is 21.6. The number of carbonyl (C=O) groups is 1. The molecular formula is C22H21Cl2N5O. The lowest BCUT2D eigenvalue weighted by Crippen LogP contribution is -2.22. The van der Waals surface area contributed by atoms with E-state index >= 15 is 0 Å². The Labute approximate surface area is 185 Å². The summed E-state index contributed by atoms with van der Waals surface area (Å²) in [5.74, 6) is 0.850. The molecule has 0 aliphatic rings. The van der Waals surface area contributed by atoms with Gasteiger partial charge in [-0.1, -0.05) is 23.2 Å². The van der Waals surface area contributed by atoms with Gasteiger partial charge in [-0.15, -0.1) is 0 Å². The normalized spacial score (nSPS) is 10.4. The number of hydrogen-bond acceptors (Lipinski definition) is 4. The first-order chi connectivity index (χ1) is 14.3. The number of carbonyl (C=O) groups excluding carboxylic acids is 1. The highest BCUT2D eigenvalue weighted by molar-refractivity contribution is 6.31. The summed E-state index contributed by atoms with van der Waals surface area (Å²) >= 11 is 12.0. The van der Waals surface area contributed by atoms with Crippen molar-refractivity contribution in [3.8, 4) is 0 Å². The average molecular weight is 442 g/mol. The fourth-order valence-electron chi connectivity index (χ4n) is 2.72. The number of halogens is 2. The summed E-state index contributed by atoms with van der Waals surface area (Å²) in [6, 6.07) is 15.9. The molecule has 3 rings (SSSR count). The maximum atomic E-state index is 12.7. The Morgan fingerprint density at radius 1 is 1.07 bits per heavy atom. The Morgan fingerprint density at radius 2 is 1.77 bits per heavy atom. The highest BCUT2D eigenvalue weighted by Crippen LogP contribution is 2.23. The predicted octanol–water partition coefficient (Wildman–Crippen LogP) is 5.69. The van der Waals surface area contributed by atoms with E-state index in [-0.39, 0.29) is 5.91 Å². The number of aromatic nitrogens is 1. The molecule has 0 unspecified atom stereocenters. The number of amidine groups is 1. The lowest BCUT2D eigenvalue weighted by atomic mass is 10.1. The number of nitrogens with one attached hydrogen (secondary N) is 3. The van der Waals surface area contributed by atoms with Crippen molar-refractivity contribution in [2.45, 2.75) is 13.5 Å². The van der Waals surface area contributed by atoms with Crippen molar-refractivity contribution in [2.75, 3.05) is 22.6 Å². The first-order valence-electron chi connectivity index (χ1n) is 9.17. The van der Waals surface area contributed by atoms with E-state index in [4.69, 9.17) is 28.6 Å². The van der Waals surface area contributed by atoms with Crippen LogP contribution in [0.15, 0.2) is 60.8 Å². The third kappa shape index (κ3) is 5.49. The summed E-state index contributed by atoms with van der Waals surface area (Å²) < 4.78 is 0. The highest BCUT2D eigenvalue weighted by atomic mass is 35.5. The molecule has 0 saturated heterocycles. The zero-order chi connectivity index (χ0) is 21.7. The van der Waals surface area contributed by atoms with Gasteiger partial charge in [0.1, 0.15) is 5.82 Å². The second-order valence-corrected chi connectivity index (χ2v) is 7.53. The Balaban J connectivity index is 1.73. The summed E-state index contributed by atoms with van der Waals surface area (Å²) in [6.45, 7) is 2.13. The van der Waals surface area contributed by atoms with Gasteiger partial charge < -0.3 is 15.5 Å². The van der Waals surface area contributed by atoms with Crippen LogP contribution in [-0.4, -0.2) is 23.8 Å². The summed E-state index contributed by atoms with van der Waals surface area (Å²) in [5, 5.41) is 15.0. The Hall–Kier alpha value is -3.09. The van der Waals surface area contributed by atoms with Crippen molar-refractivity contribution in [3.63, 3.8) is 0 Å². The zero-order valence-corrected chi connectivity index (χ0v) is 18.1. The van der Waals surface area contributed by atoms with Gasteiger partial charge in [-0.3, -0.25) is 10.2 Å². The van der Waals surface area contributed by atoms with Gasteiger partial charge in [-0.05, 0) is 67.1 Å². The van der Waals surface area contributed by atoms with Gasteiger partial charge in [-0.2, -0.15) is 0 Å². The van der Waals surface area contributed by atoms with Crippen LogP contribution in [0.1, 0.15) is 22.8 Å². The Kier molecular flexibility index (Phi) is 6.92. The second-order valence-electron chi connectivity index (χ2n) is 6.66. The first-order valence-corrected chi connectivity index (χ1v) is 9.93. The third-order valence-electron chi connectivity index (χ3n) is 4.52. The number of benzene rings is 2. The van der Waals surface area contributed by atoms with Gasteiger partial charge in [0, 0.05) is 41.8 Å². The van der Waals surface area contributed by atoms with Crippen LogP contribution in [0.5, 0.6) is 0 Å². The Morgan fingerprint density at radius 3 is 2.40 bits per heavy atom. The number of pyridine rings is 1. The van der Waals surface area contributed by atoms with Gasteiger partial charge in [0.05, 0.1) is 10.9 Å². The van der Waals surface area contributed by atoms with Crippen molar-refractivity contribution < 1.29 is 4.79 Å². The van der Waals surface area contributed by atoms with E-state index in [2.05, 4.69) is 15.6 Å². The summed E-state index contributed by atoms with van der Waals surface area (Å²) in [5.41, 5.74) is 2.83. The summed E-state index contributed by atoms with van der Waals surface area (Å²) in [7, 11) is 1.81. The van der Waals surface area contributed by atoms with Crippen molar-refractivity contribution in [1.29, 1.82) is 5.41 Å². The molecule has 8 heteroatoms. The Bertz CT molecular complexity index is 1050. The number of anilines is 3. The number of rotatable bonds is 6. The number of hydrogen-bond donors (Lipinski definition) is 3. The average Bonchev–Trinajstić information content (AvgIpc) is 2.74. The molecule has 3 N–H and O–H groups in total. The van der Waals surface area contributed by atoms with Crippen molar-refractivity contribution in [1.82, 2.24) is 4.98 Å². The molecule has 0 radical (unpaired) electrons. The highest BCUT2D eigenvalue weighted by Gasteiger charge is 2.11. The van der Waals surface area contributed by atoms with Gasteiger partial charge in [-0.25, -0.2) is 4.98 Å². The molecule has 2 aromatic carbocycles. The molecular weight excluding hydrogens is 421 g/mol. The molecule has 0 spiro atoms. The topological polar surface area (TPSA) is 81.1 Å². The lowest BCUT2D eigenvalue weighted by Gasteiger charge is -2.17. The van der Waals surface area contributed by atoms with E-state index in [1.165, 1.54) is 0 Å². The molecule has 3 aromatic rings. The van der Waals surface area contributed by atoms with Gasteiger partial charge in [0.25, 0.3) is 5.91 Å². The van der Waals surface area contributed by atoms with Crippen LogP contribution < -0.4 is 15.5 Å². The molecule has 0 aliphatic heterocycles. The van der Waals surface area contributed by atoms with Crippen molar-refractivity contribution in [3.05, 3.63) is 82.0 Å². The maximum Gasteiger partial charge on any atom is 0.255 e. The molecule has 1 aromatic heterocycles. The molecule has 30 heavy (non-hydrogen) atoms. The molecule has 0 atom stereocenters. The molecule has 0 saturated carbocycles. The van der Waals surface area contributed by atoms with E-state index < -0.39 is 0 Å². The predicted molar refractivity (Wildman–Crippen MR) is 124 cm³/mol. The van der Waals surface area contributed by atoms with Gasteiger partial charge >= 0.3 is 0 Å². The fraction of sp³-hybridized carbons (Fsp3) is 0.136. The molecule has 6 nitrogen and oxygen atoms in total. The fourth-order valence-corrected chi connectivity index (χ4v) is 3.03. The van der Waals surface area contributed by atoms with Crippen LogP contribution in [0.4, 0.5) is 17.2 Å². The minimum atomic E-state index is -0.232. The SMILES string of the molecule is CC(=N)N(C)c1ccc(C(=O)Nc2ccc(Cl)cc2CNc2ccc(Cl)cn2)cc1. The molecule has 0 aliphatic carbocycles. The summed E-state index contributed by atoms with van der Waals surface area (Å²) in [6.07, 6.45) is 1.56.